The van der Waals surface area contributed by atoms with Crippen molar-refractivity contribution in [3.8, 4) is 0 Å². The second-order valence-corrected chi connectivity index (χ2v) is 8.46. The average Bonchev–Trinajstić information content (AvgIpc) is 3.12. The summed E-state index contributed by atoms with van der Waals surface area (Å²) in [6, 6.07) is 9.73. The zero-order valence-corrected chi connectivity index (χ0v) is 17.3. The number of amides is 1. The second-order valence-electron chi connectivity index (χ2n) is 6.60. The van der Waals surface area contributed by atoms with E-state index >= 15 is 0 Å². The molecule has 0 aliphatic rings. The largest absolute Gasteiger partial charge is 0.325 e. The number of rotatable bonds is 7. The normalized spacial score (nSPS) is 11.3. The van der Waals surface area contributed by atoms with Gasteiger partial charge in [0.1, 0.15) is 4.70 Å². The fraction of sp³-hybridized carbons (Fsp3) is 0.350. The first-order chi connectivity index (χ1) is 13.0. The molecule has 0 saturated heterocycles. The van der Waals surface area contributed by atoms with Crippen LogP contribution in [0.15, 0.2) is 45.7 Å². The van der Waals surface area contributed by atoms with Crippen LogP contribution < -0.4 is 10.9 Å². The molecule has 0 fully saturated rings. The number of carbonyl (C=O) groups excluding carboxylic acids is 1. The Balaban J connectivity index is 1.71. The van der Waals surface area contributed by atoms with Gasteiger partial charge >= 0.3 is 0 Å². The van der Waals surface area contributed by atoms with Gasteiger partial charge < -0.3 is 5.32 Å². The molecule has 0 spiro atoms. The monoisotopic (exact) mass is 401 g/mol. The van der Waals surface area contributed by atoms with E-state index in [-0.39, 0.29) is 17.2 Å². The summed E-state index contributed by atoms with van der Waals surface area (Å²) in [6.07, 6.45) is 0.834. The molecule has 142 valence electrons. The summed E-state index contributed by atoms with van der Waals surface area (Å²) in [5, 5.41) is 5.37. The minimum absolute atomic E-state index is 0.0240. The Labute approximate surface area is 166 Å². The van der Waals surface area contributed by atoms with Gasteiger partial charge in [0.05, 0.1) is 11.3 Å². The number of benzene rings is 1. The molecule has 0 radical (unpaired) electrons. The van der Waals surface area contributed by atoms with E-state index < -0.39 is 0 Å². The Hall–Kier alpha value is -2.12. The number of thiophene rings is 1. The predicted molar refractivity (Wildman–Crippen MR) is 114 cm³/mol. The number of carbonyl (C=O) groups is 1. The molecule has 3 aromatic rings. The van der Waals surface area contributed by atoms with Gasteiger partial charge in [0.2, 0.25) is 5.91 Å². The molecule has 27 heavy (non-hydrogen) atoms. The van der Waals surface area contributed by atoms with Crippen LogP contribution >= 0.6 is 23.1 Å². The Bertz CT molecular complexity index is 991. The third-order valence-electron chi connectivity index (χ3n) is 4.17. The van der Waals surface area contributed by atoms with Crippen LogP contribution in [0, 0.1) is 0 Å². The number of nitrogens with one attached hydrogen (secondary N) is 1. The summed E-state index contributed by atoms with van der Waals surface area (Å²) >= 11 is 2.71. The quantitative estimate of drug-likeness (QED) is 0.459. The number of hydrogen-bond acceptors (Lipinski definition) is 5. The smallest absolute Gasteiger partial charge is 0.272 e. The van der Waals surface area contributed by atoms with Gasteiger partial charge in [0, 0.05) is 12.2 Å². The zero-order valence-electron chi connectivity index (χ0n) is 15.7. The summed E-state index contributed by atoms with van der Waals surface area (Å²) in [7, 11) is 0. The van der Waals surface area contributed by atoms with E-state index in [0.29, 0.717) is 27.8 Å². The SMILES string of the molecule is CCCn1c(SCC(=O)Nc2ccc(C(C)C)cc2)nc2ccsc2c1=O. The molecule has 1 N–H and O–H groups in total. The van der Waals surface area contributed by atoms with Crippen molar-refractivity contribution in [1.29, 1.82) is 0 Å². The van der Waals surface area contributed by atoms with Crippen molar-refractivity contribution in [2.45, 2.75) is 44.8 Å². The van der Waals surface area contributed by atoms with Crippen molar-refractivity contribution >= 4 is 44.9 Å². The number of fused-ring (bicyclic) bond motifs is 1. The van der Waals surface area contributed by atoms with Gasteiger partial charge in [-0.2, -0.15) is 0 Å². The average molecular weight is 402 g/mol. The van der Waals surface area contributed by atoms with E-state index in [9.17, 15) is 9.59 Å². The van der Waals surface area contributed by atoms with Crippen LogP contribution in [0.3, 0.4) is 0 Å². The molecular weight excluding hydrogens is 378 g/mol. The van der Waals surface area contributed by atoms with Gasteiger partial charge in [-0.15, -0.1) is 11.3 Å². The van der Waals surface area contributed by atoms with Gasteiger partial charge in [0.15, 0.2) is 5.16 Å². The zero-order chi connectivity index (χ0) is 19.4. The maximum atomic E-state index is 12.6. The fourth-order valence-corrected chi connectivity index (χ4v) is 4.34. The van der Waals surface area contributed by atoms with Crippen molar-refractivity contribution in [2.75, 3.05) is 11.1 Å². The second kappa shape index (κ2) is 8.71. The fourth-order valence-electron chi connectivity index (χ4n) is 2.73. The first-order valence-corrected chi connectivity index (χ1v) is 10.9. The predicted octanol–water partition coefficient (Wildman–Crippen LogP) is 4.72. The minimum Gasteiger partial charge on any atom is -0.325 e. The van der Waals surface area contributed by atoms with Crippen LogP contribution in [0.25, 0.3) is 10.2 Å². The molecule has 2 aromatic heterocycles. The van der Waals surface area contributed by atoms with Crippen molar-refractivity contribution in [3.63, 3.8) is 0 Å². The van der Waals surface area contributed by atoms with Crippen LogP contribution in [0.4, 0.5) is 5.69 Å². The lowest BCUT2D eigenvalue weighted by Gasteiger charge is -2.11. The molecule has 2 heterocycles. The van der Waals surface area contributed by atoms with Crippen LogP contribution in [0.2, 0.25) is 0 Å². The van der Waals surface area contributed by atoms with Crippen molar-refractivity contribution in [1.82, 2.24) is 9.55 Å². The first-order valence-electron chi connectivity index (χ1n) is 9.00. The van der Waals surface area contributed by atoms with E-state index in [4.69, 9.17) is 0 Å². The maximum absolute atomic E-state index is 12.6. The van der Waals surface area contributed by atoms with E-state index in [2.05, 4.69) is 24.1 Å². The van der Waals surface area contributed by atoms with Crippen LogP contribution in [0.1, 0.15) is 38.7 Å². The van der Waals surface area contributed by atoms with Gasteiger partial charge in [-0.3, -0.25) is 14.2 Å². The molecular formula is C20H23N3O2S2. The summed E-state index contributed by atoms with van der Waals surface area (Å²) in [6.45, 7) is 6.89. The molecule has 0 saturated carbocycles. The number of hydrogen-bond donors (Lipinski definition) is 1. The number of thioether (sulfide) groups is 1. The van der Waals surface area contributed by atoms with Crippen LogP contribution in [-0.4, -0.2) is 21.2 Å². The van der Waals surface area contributed by atoms with E-state index in [1.807, 2.05) is 42.6 Å². The third-order valence-corrected chi connectivity index (χ3v) is 6.04. The maximum Gasteiger partial charge on any atom is 0.272 e. The Kier molecular flexibility index (Phi) is 6.34. The molecule has 1 aromatic carbocycles. The molecule has 0 unspecified atom stereocenters. The highest BCUT2D eigenvalue weighted by atomic mass is 32.2. The minimum atomic E-state index is -0.111. The standard InChI is InChI=1S/C20H23N3O2S2/c1-4-10-23-19(25)18-16(9-11-26-18)22-20(23)27-12-17(24)21-15-7-5-14(6-8-15)13(2)3/h5-9,11,13H,4,10,12H2,1-3H3,(H,21,24). The van der Waals surface area contributed by atoms with Crippen LogP contribution in [-0.2, 0) is 11.3 Å². The highest BCUT2D eigenvalue weighted by molar-refractivity contribution is 7.99. The summed E-state index contributed by atoms with van der Waals surface area (Å²) < 4.78 is 2.34. The number of nitrogens with zero attached hydrogens (tertiary/aromatic N) is 2. The van der Waals surface area contributed by atoms with Gasteiger partial charge in [-0.1, -0.05) is 44.7 Å². The molecule has 5 nitrogen and oxygen atoms in total. The van der Waals surface area contributed by atoms with Crippen molar-refractivity contribution < 1.29 is 4.79 Å². The molecule has 0 atom stereocenters. The lowest BCUT2D eigenvalue weighted by atomic mass is 10.0. The molecule has 0 aliphatic heterocycles. The van der Waals surface area contributed by atoms with Crippen LogP contribution in [0.5, 0.6) is 0 Å². The highest BCUT2D eigenvalue weighted by Crippen LogP contribution is 2.22. The Morgan fingerprint density at radius 1 is 1.26 bits per heavy atom. The van der Waals surface area contributed by atoms with Crippen molar-refractivity contribution in [3.05, 3.63) is 51.6 Å². The summed E-state index contributed by atoms with van der Waals surface area (Å²) in [5.41, 5.74) is 2.69. The van der Waals surface area contributed by atoms with Gasteiger partial charge in [0.25, 0.3) is 5.56 Å². The number of aromatic nitrogens is 2. The Morgan fingerprint density at radius 2 is 2.00 bits per heavy atom. The molecule has 0 bridgehead atoms. The Morgan fingerprint density at radius 3 is 2.67 bits per heavy atom. The lowest BCUT2D eigenvalue weighted by Crippen LogP contribution is -2.23. The van der Waals surface area contributed by atoms with Gasteiger partial charge in [-0.25, -0.2) is 4.98 Å². The topological polar surface area (TPSA) is 64.0 Å². The lowest BCUT2D eigenvalue weighted by molar-refractivity contribution is -0.113. The third kappa shape index (κ3) is 4.59. The van der Waals surface area contributed by atoms with E-state index in [0.717, 1.165) is 12.1 Å². The molecule has 3 rings (SSSR count). The summed E-state index contributed by atoms with van der Waals surface area (Å²) in [4.78, 5) is 29.6. The first kappa shape index (κ1) is 19.6. The number of anilines is 1. The van der Waals surface area contributed by atoms with E-state index in [1.165, 1.54) is 28.7 Å². The molecule has 0 aliphatic carbocycles. The molecule has 7 heteroatoms. The highest BCUT2D eigenvalue weighted by Gasteiger charge is 2.14. The van der Waals surface area contributed by atoms with Gasteiger partial charge in [-0.05, 0) is 41.5 Å². The molecule has 1 amide bonds. The van der Waals surface area contributed by atoms with Crippen molar-refractivity contribution in [2.24, 2.45) is 0 Å². The van der Waals surface area contributed by atoms with E-state index in [1.54, 1.807) is 4.57 Å². The summed E-state index contributed by atoms with van der Waals surface area (Å²) in [5.74, 6) is 0.552.